The third-order valence-corrected chi connectivity index (χ3v) is 5.17. The number of anilines is 1. The number of aryl methyl sites for hydroxylation is 1. The van der Waals surface area contributed by atoms with Crippen LogP contribution in [0.15, 0.2) is 0 Å². The predicted molar refractivity (Wildman–Crippen MR) is 81.3 cm³/mol. The Morgan fingerprint density at radius 3 is 3.20 bits per heavy atom. The average Bonchev–Trinajstić information content (AvgIpc) is 2.76. The number of nitrogens with zero attached hydrogens (tertiary/aromatic N) is 2. The van der Waals surface area contributed by atoms with Gasteiger partial charge >= 0.3 is 0 Å². The molecule has 6 heteroatoms. The number of thiazole rings is 1. The molecular formula is C14H22N4OS. The monoisotopic (exact) mass is 294 g/mol. The summed E-state index contributed by atoms with van der Waals surface area (Å²) in [5, 5.41) is 7.55. The van der Waals surface area contributed by atoms with Crippen molar-refractivity contribution in [1.82, 2.24) is 15.6 Å². The van der Waals surface area contributed by atoms with E-state index in [0.717, 1.165) is 37.7 Å². The first-order valence-electron chi connectivity index (χ1n) is 7.52. The van der Waals surface area contributed by atoms with Crippen LogP contribution in [0.3, 0.4) is 0 Å². The molecular weight excluding hydrogens is 272 g/mol. The first-order chi connectivity index (χ1) is 9.78. The summed E-state index contributed by atoms with van der Waals surface area (Å²) in [5.41, 5.74) is 1.25. The normalized spacial score (nSPS) is 23.1. The maximum atomic E-state index is 11.4. The molecule has 0 spiro atoms. The van der Waals surface area contributed by atoms with Gasteiger partial charge in [0.05, 0.1) is 11.7 Å². The number of hydrogen-bond donors (Lipinski definition) is 2. The number of rotatable bonds is 3. The molecule has 2 aliphatic rings. The Morgan fingerprint density at radius 2 is 2.35 bits per heavy atom. The van der Waals surface area contributed by atoms with Gasteiger partial charge in [-0.25, -0.2) is 4.98 Å². The highest BCUT2D eigenvalue weighted by Crippen LogP contribution is 2.36. The van der Waals surface area contributed by atoms with Gasteiger partial charge in [0, 0.05) is 30.9 Å². The van der Waals surface area contributed by atoms with Crippen LogP contribution in [0.4, 0.5) is 5.13 Å². The molecule has 1 fully saturated rings. The molecule has 1 unspecified atom stereocenters. The third-order valence-electron chi connectivity index (χ3n) is 3.98. The van der Waals surface area contributed by atoms with E-state index in [1.54, 1.807) is 0 Å². The van der Waals surface area contributed by atoms with Crippen LogP contribution in [0.25, 0.3) is 0 Å². The van der Waals surface area contributed by atoms with Crippen molar-refractivity contribution in [3.05, 3.63) is 10.6 Å². The molecule has 0 bridgehead atoms. The van der Waals surface area contributed by atoms with Crippen LogP contribution in [-0.4, -0.2) is 37.1 Å². The minimum Gasteiger partial charge on any atom is -0.354 e. The summed E-state index contributed by atoms with van der Waals surface area (Å²) in [5.74, 6) is 0.152. The number of carbonyl (C=O) groups excluding carboxylic acids is 1. The Labute approximate surface area is 123 Å². The largest absolute Gasteiger partial charge is 0.354 e. The first kappa shape index (κ1) is 13.8. The zero-order valence-corrected chi connectivity index (χ0v) is 12.8. The third kappa shape index (κ3) is 2.81. The maximum absolute atomic E-state index is 11.4. The second-order valence-corrected chi connectivity index (χ2v) is 6.46. The van der Waals surface area contributed by atoms with E-state index >= 15 is 0 Å². The standard InChI is InChI=1S/C14H22N4OS/c1-2-15-10-4-3-5-11-13(10)17-14(20-11)18-8-6-12(19)16-7-9-18/h10,15H,2-9H2,1H3,(H,16,19). The SMILES string of the molecule is CCNC1CCCc2sc(N3CCNC(=O)CC3)nc21. The summed E-state index contributed by atoms with van der Waals surface area (Å²) < 4.78 is 0. The Bertz CT molecular complexity index is 488. The van der Waals surface area contributed by atoms with Crippen molar-refractivity contribution in [3.8, 4) is 0 Å². The highest BCUT2D eigenvalue weighted by Gasteiger charge is 2.26. The van der Waals surface area contributed by atoms with Crippen molar-refractivity contribution in [1.29, 1.82) is 0 Å². The molecule has 20 heavy (non-hydrogen) atoms. The van der Waals surface area contributed by atoms with E-state index < -0.39 is 0 Å². The molecule has 0 saturated carbocycles. The van der Waals surface area contributed by atoms with E-state index in [9.17, 15) is 4.79 Å². The first-order valence-corrected chi connectivity index (χ1v) is 8.34. The molecule has 2 N–H and O–H groups in total. The molecule has 1 aliphatic heterocycles. The zero-order chi connectivity index (χ0) is 13.9. The average molecular weight is 294 g/mol. The maximum Gasteiger partial charge on any atom is 0.221 e. The quantitative estimate of drug-likeness (QED) is 0.886. The van der Waals surface area contributed by atoms with Crippen LogP contribution >= 0.6 is 11.3 Å². The lowest BCUT2D eigenvalue weighted by Crippen LogP contribution is -2.28. The van der Waals surface area contributed by atoms with Crippen molar-refractivity contribution >= 4 is 22.4 Å². The van der Waals surface area contributed by atoms with Gasteiger partial charge in [-0.05, 0) is 25.8 Å². The van der Waals surface area contributed by atoms with Crippen molar-refractivity contribution in [2.45, 2.75) is 38.6 Å². The number of fused-ring (bicyclic) bond motifs is 1. The van der Waals surface area contributed by atoms with E-state index in [1.807, 2.05) is 11.3 Å². The smallest absolute Gasteiger partial charge is 0.221 e. The summed E-state index contributed by atoms with van der Waals surface area (Å²) in [6.45, 7) is 5.50. The molecule has 1 atom stereocenters. The van der Waals surface area contributed by atoms with E-state index in [2.05, 4.69) is 22.5 Å². The van der Waals surface area contributed by atoms with Gasteiger partial charge < -0.3 is 15.5 Å². The zero-order valence-electron chi connectivity index (χ0n) is 11.9. The molecule has 0 radical (unpaired) electrons. The van der Waals surface area contributed by atoms with E-state index in [4.69, 9.17) is 4.98 Å². The van der Waals surface area contributed by atoms with Crippen LogP contribution in [-0.2, 0) is 11.2 Å². The van der Waals surface area contributed by atoms with Gasteiger partial charge in [-0.15, -0.1) is 11.3 Å². The number of amides is 1. The summed E-state index contributed by atoms with van der Waals surface area (Å²) in [6, 6.07) is 0.417. The van der Waals surface area contributed by atoms with Gasteiger partial charge in [0.2, 0.25) is 5.91 Å². The van der Waals surface area contributed by atoms with Gasteiger partial charge in [-0.1, -0.05) is 6.92 Å². The van der Waals surface area contributed by atoms with Crippen molar-refractivity contribution in [3.63, 3.8) is 0 Å². The van der Waals surface area contributed by atoms with Crippen LogP contribution in [0.2, 0.25) is 0 Å². The van der Waals surface area contributed by atoms with E-state index in [1.165, 1.54) is 23.4 Å². The van der Waals surface area contributed by atoms with Crippen molar-refractivity contribution < 1.29 is 4.79 Å². The topological polar surface area (TPSA) is 57.3 Å². The lowest BCUT2D eigenvalue weighted by molar-refractivity contribution is -0.120. The van der Waals surface area contributed by atoms with E-state index in [-0.39, 0.29) is 5.91 Å². The Hall–Kier alpha value is -1.14. The summed E-state index contributed by atoms with van der Waals surface area (Å²) in [7, 11) is 0. The van der Waals surface area contributed by atoms with Crippen molar-refractivity contribution in [2.75, 3.05) is 31.1 Å². The van der Waals surface area contributed by atoms with Gasteiger partial charge in [-0.3, -0.25) is 4.79 Å². The lowest BCUT2D eigenvalue weighted by Gasteiger charge is -2.21. The van der Waals surface area contributed by atoms with Crippen LogP contribution in [0, 0.1) is 0 Å². The number of aromatic nitrogens is 1. The fraction of sp³-hybridized carbons (Fsp3) is 0.714. The van der Waals surface area contributed by atoms with Gasteiger partial charge in [0.25, 0.3) is 0 Å². The van der Waals surface area contributed by atoms with E-state index in [0.29, 0.717) is 12.5 Å². The van der Waals surface area contributed by atoms with Gasteiger partial charge in [0.1, 0.15) is 0 Å². The van der Waals surface area contributed by atoms with Crippen molar-refractivity contribution in [2.24, 2.45) is 0 Å². The predicted octanol–water partition coefficient (Wildman–Crippen LogP) is 1.46. The number of hydrogen-bond acceptors (Lipinski definition) is 5. The molecule has 3 rings (SSSR count). The molecule has 110 valence electrons. The molecule has 1 amide bonds. The Balaban J connectivity index is 1.79. The molecule has 2 heterocycles. The summed E-state index contributed by atoms with van der Waals surface area (Å²) in [6.07, 6.45) is 4.15. The minimum absolute atomic E-state index is 0.152. The highest BCUT2D eigenvalue weighted by atomic mass is 32.1. The molecule has 1 aromatic heterocycles. The van der Waals surface area contributed by atoms with Crippen LogP contribution in [0.5, 0.6) is 0 Å². The fourth-order valence-electron chi connectivity index (χ4n) is 2.94. The Kier molecular flexibility index (Phi) is 4.21. The lowest BCUT2D eigenvalue weighted by atomic mass is 9.98. The number of carbonyl (C=O) groups is 1. The van der Waals surface area contributed by atoms with Gasteiger partial charge in [-0.2, -0.15) is 0 Å². The summed E-state index contributed by atoms with van der Waals surface area (Å²) in [4.78, 5) is 20.0. The minimum atomic E-state index is 0.152. The Morgan fingerprint density at radius 1 is 1.45 bits per heavy atom. The second kappa shape index (κ2) is 6.10. The van der Waals surface area contributed by atoms with Crippen LogP contribution in [0.1, 0.15) is 42.8 Å². The fourth-order valence-corrected chi connectivity index (χ4v) is 4.16. The molecule has 1 saturated heterocycles. The highest BCUT2D eigenvalue weighted by molar-refractivity contribution is 7.15. The summed E-state index contributed by atoms with van der Waals surface area (Å²) >= 11 is 1.82. The van der Waals surface area contributed by atoms with Gasteiger partial charge in [0.15, 0.2) is 5.13 Å². The second-order valence-electron chi connectivity index (χ2n) is 5.39. The molecule has 1 aliphatic carbocycles. The number of nitrogens with one attached hydrogen (secondary N) is 2. The molecule has 5 nitrogen and oxygen atoms in total. The van der Waals surface area contributed by atoms with Crippen LogP contribution < -0.4 is 15.5 Å². The molecule has 1 aromatic rings. The molecule has 0 aromatic carbocycles.